The molecule has 3 heteroatoms. The summed E-state index contributed by atoms with van der Waals surface area (Å²) in [7, 11) is 0. The molecular formula is C55H37N3. The number of fused-ring (bicyclic) bond motifs is 9. The number of para-hydroxylation sites is 4. The summed E-state index contributed by atoms with van der Waals surface area (Å²) < 4.78 is 7.19. The van der Waals surface area contributed by atoms with Crippen molar-refractivity contribution in [2.24, 2.45) is 0 Å². The first-order chi connectivity index (χ1) is 28.7. The van der Waals surface area contributed by atoms with Gasteiger partial charge >= 0.3 is 0 Å². The Morgan fingerprint density at radius 1 is 0.241 bits per heavy atom. The molecule has 0 aliphatic carbocycles. The Hall–Kier alpha value is -7.62. The first-order valence-corrected chi connectivity index (χ1v) is 20.0. The highest BCUT2D eigenvalue weighted by atomic mass is 15.0. The van der Waals surface area contributed by atoms with Crippen LogP contribution in [0, 0.1) is 6.92 Å². The lowest BCUT2D eigenvalue weighted by Gasteiger charge is -2.09. The number of aryl methyl sites for hydroxylation is 1. The zero-order chi connectivity index (χ0) is 38.3. The summed E-state index contributed by atoms with van der Waals surface area (Å²) in [5, 5.41) is 7.51. The molecule has 0 aliphatic heterocycles. The fraction of sp³-hybridized carbons (Fsp3) is 0.0182. The Morgan fingerprint density at radius 2 is 0.569 bits per heavy atom. The van der Waals surface area contributed by atoms with Crippen LogP contribution in [-0.4, -0.2) is 13.7 Å². The number of aromatic nitrogens is 3. The van der Waals surface area contributed by atoms with E-state index in [2.05, 4.69) is 227 Å². The fourth-order valence-corrected chi connectivity index (χ4v) is 9.41. The quantitative estimate of drug-likeness (QED) is 0.167. The van der Waals surface area contributed by atoms with Gasteiger partial charge in [0.2, 0.25) is 0 Å². The van der Waals surface area contributed by atoms with Gasteiger partial charge in [-0.05, 0) is 132 Å². The highest BCUT2D eigenvalue weighted by Gasteiger charge is 2.18. The molecule has 12 rings (SSSR count). The van der Waals surface area contributed by atoms with Crippen LogP contribution in [0.25, 0.3) is 105 Å². The molecule has 3 heterocycles. The molecular weight excluding hydrogens is 703 g/mol. The topological polar surface area (TPSA) is 14.8 Å². The molecule has 0 spiro atoms. The summed E-state index contributed by atoms with van der Waals surface area (Å²) in [5.41, 5.74) is 16.8. The van der Waals surface area contributed by atoms with Crippen LogP contribution in [0.3, 0.4) is 0 Å². The van der Waals surface area contributed by atoms with Gasteiger partial charge in [0.15, 0.2) is 0 Å². The van der Waals surface area contributed by atoms with E-state index in [0.29, 0.717) is 0 Å². The largest absolute Gasteiger partial charge is 0.309 e. The Bertz CT molecular complexity index is 3550. The third kappa shape index (κ3) is 4.93. The van der Waals surface area contributed by atoms with Gasteiger partial charge in [-0.3, -0.25) is 0 Å². The standard InChI is InChI=1S/C55H37N3/c1-36-21-26-45-47-33-38(23-28-52(47)58(55(45)31-36)43-17-9-4-10-18-43)40-25-30-54-49(35-40)48-34-39(24-29-53(48)57(54)42-15-7-3-8-16-42)37-22-27-51-46(32-37)44-19-11-12-20-50(44)56(51)41-13-5-2-6-14-41/h2-35H,1H3. The van der Waals surface area contributed by atoms with Crippen LogP contribution in [0.2, 0.25) is 0 Å². The van der Waals surface area contributed by atoms with E-state index >= 15 is 0 Å². The molecule has 0 saturated carbocycles. The Balaban J connectivity index is 1.05. The number of nitrogens with zero attached hydrogens (tertiary/aromatic N) is 3. The minimum Gasteiger partial charge on any atom is -0.309 e. The predicted octanol–water partition coefficient (Wildman–Crippen LogP) is 14.6. The van der Waals surface area contributed by atoms with E-state index in [4.69, 9.17) is 0 Å². The van der Waals surface area contributed by atoms with Crippen molar-refractivity contribution in [3.63, 3.8) is 0 Å². The zero-order valence-electron chi connectivity index (χ0n) is 32.0. The van der Waals surface area contributed by atoms with Crippen LogP contribution in [0.15, 0.2) is 206 Å². The van der Waals surface area contributed by atoms with Crippen molar-refractivity contribution < 1.29 is 0 Å². The summed E-state index contributed by atoms with van der Waals surface area (Å²) in [6.45, 7) is 2.17. The molecule has 9 aromatic carbocycles. The Morgan fingerprint density at radius 3 is 1.00 bits per heavy atom. The maximum absolute atomic E-state index is 2.41. The van der Waals surface area contributed by atoms with Crippen LogP contribution >= 0.6 is 0 Å². The van der Waals surface area contributed by atoms with Crippen molar-refractivity contribution >= 4 is 65.4 Å². The molecule has 272 valence electrons. The lowest BCUT2D eigenvalue weighted by molar-refractivity contribution is 1.18. The number of benzene rings is 9. The fourth-order valence-electron chi connectivity index (χ4n) is 9.41. The van der Waals surface area contributed by atoms with Crippen LogP contribution in [0.5, 0.6) is 0 Å². The number of hydrogen-bond acceptors (Lipinski definition) is 0. The minimum atomic E-state index is 1.16. The van der Waals surface area contributed by atoms with Gasteiger partial charge in [-0.25, -0.2) is 0 Å². The summed E-state index contributed by atoms with van der Waals surface area (Å²) in [5.74, 6) is 0. The molecule has 0 N–H and O–H groups in total. The van der Waals surface area contributed by atoms with E-state index in [1.54, 1.807) is 0 Å². The van der Waals surface area contributed by atoms with Gasteiger partial charge in [-0.2, -0.15) is 0 Å². The van der Waals surface area contributed by atoms with Gasteiger partial charge < -0.3 is 13.7 Å². The predicted molar refractivity (Wildman–Crippen MR) is 245 cm³/mol. The Labute approximate surface area is 335 Å². The molecule has 0 saturated heterocycles. The molecule has 0 amide bonds. The molecule has 0 unspecified atom stereocenters. The first kappa shape index (κ1) is 32.6. The second kappa shape index (κ2) is 12.7. The van der Waals surface area contributed by atoms with Gasteiger partial charge in [0.1, 0.15) is 0 Å². The maximum atomic E-state index is 2.41. The van der Waals surface area contributed by atoms with Crippen molar-refractivity contribution in [1.29, 1.82) is 0 Å². The molecule has 0 bridgehead atoms. The van der Waals surface area contributed by atoms with Crippen LogP contribution in [-0.2, 0) is 0 Å². The number of rotatable bonds is 5. The van der Waals surface area contributed by atoms with Crippen molar-refractivity contribution in [1.82, 2.24) is 13.7 Å². The van der Waals surface area contributed by atoms with E-state index in [1.807, 2.05) is 0 Å². The van der Waals surface area contributed by atoms with Crippen molar-refractivity contribution in [2.75, 3.05) is 0 Å². The second-order valence-corrected chi connectivity index (χ2v) is 15.5. The molecule has 12 aromatic rings. The third-order valence-electron chi connectivity index (χ3n) is 12.1. The first-order valence-electron chi connectivity index (χ1n) is 20.0. The SMILES string of the molecule is Cc1ccc2c3cc(-c4ccc5c(c4)c4cc(-c6ccc7c(c6)c6ccccc6n7-c6ccccc6)ccc4n5-c4ccccc4)ccc3n(-c3ccccc3)c2c1. The van der Waals surface area contributed by atoms with Crippen molar-refractivity contribution in [3.8, 4) is 39.3 Å². The summed E-state index contributed by atoms with van der Waals surface area (Å²) in [6, 6.07) is 75.6. The third-order valence-corrected chi connectivity index (χ3v) is 12.1. The van der Waals surface area contributed by atoms with Crippen LogP contribution < -0.4 is 0 Å². The molecule has 0 fully saturated rings. The average Bonchev–Trinajstić information content (AvgIpc) is 3.91. The van der Waals surface area contributed by atoms with Gasteiger partial charge in [0, 0.05) is 49.4 Å². The Kier molecular flexibility index (Phi) is 7.14. The summed E-state index contributed by atoms with van der Waals surface area (Å²) in [4.78, 5) is 0. The summed E-state index contributed by atoms with van der Waals surface area (Å²) in [6.07, 6.45) is 0. The highest BCUT2D eigenvalue weighted by Crippen LogP contribution is 2.41. The van der Waals surface area contributed by atoms with Gasteiger partial charge in [0.25, 0.3) is 0 Å². The normalized spacial score (nSPS) is 11.9. The van der Waals surface area contributed by atoms with Gasteiger partial charge in [-0.1, -0.05) is 109 Å². The van der Waals surface area contributed by atoms with E-state index < -0.39 is 0 Å². The van der Waals surface area contributed by atoms with Crippen molar-refractivity contribution in [2.45, 2.75) is 6.92 Å². The monoisotopic (exact) mass is 739 g/mol. The molecule has 0 radical (unpaired) electrons. The molecule has 0 atom stereocenters. The van der Waals surface area contributed by atoms with E-state index in [-0.39, 0.29) is 0 Å². The van der Waals surface area contributed by atoms with Gasteiger partial charge in [-0.15, -0.1) is 0 Å². The lowest BCUT2D eigenvalue weighted by Crippen LogP contribution is -1.93. The van der Waals surface area contributed by atoms with Crippen LogP contribution in [0.4, 0.5) is 0 Å². The van der Waals surface area contributed by atoms with Crippen LogP contribution in [0.1, 0.15) is 5.56 Å². The summed E-state index contributed by atoms with van der Waals surface area (Å²) >= 11 is 0. The van der Waals surface area contributed by atoms with E-state index in [0.717, 1.165) is 5.69 Å². The molecule has 3 aromatic heterocycles. The van der Waals surface area contributed by atoms with E-state index in [9.17, 15) is 0 Å². The lowest BCUT2D eigenvalue weighted by atomic mass is 9.98. The van der Waals surface area contributed by atoms with Gasteiger partial charge in [0.05, 0.1) is 33.1 Å². The molecule has 3 nitrogen and oxygen atoms in total. The zero-order valence-corrected chi connectivity index (χ0v) is 32.0. The van der Waals surface area contributed by atoms with E-state index in [1.165, 1.54) is 105 Å². The second-order valence-electron chi connectivity index (χ2n) is 15.5. The molecule has 58 heavy (non-hydrogen) atoms. The minimum absolute atomic E-state index is 1.16. The highest BCUT2D eigenvalue weighted by molar-refractivity contribution is 6.14. The smallest absolute Gasteiger partial charge is 0.0543 e. The average molecular weight is 740 g/mol. The number of hydrogen-bond donors (Lipinski definition) is 0. The maximum Gasteiger partial charge on any atom is 0.0543 e. The molecule has 0 aliphatic rings. The van der Waals surface area contributed by atoms with Crippen molar-refractivity contribution in [3.05, 3.63) is 212 Å².